The summed E-state index contributed by atoms with van der Waals surface area (Å²) in [5.74, 6) is -0.683. The zero-order valence-electron chi connectivity index (χ0n) is 14.0. The Kier molecular flexibility index (Phi) is 5.02. The fourth-order valence-electron chi connectivity index (χ4n) is 3.06. The summed E-state index contributed by atoms with van der Waals surface area (Å²) in [7, 11) is 0. The summed E-state index contributed by atoms with van der Waals surface area (Å²) in [6.07, 6.45) is 0.185. The third kappa shape index (κ3) is 3.97. The van der Waals surface area contributed by atoms with E-state index in [1.165, 1.54) is 0 Å². The number of carbonyl (C=O) groups is 2. The highest BCUT2D eigenvalue weighted by Crippen LogP contribution is 2.29. The summed E-state index contributed by atoms with van der Waals surface area (Å²) in [4.78, 5) is 26.6. The van der Waals surface area contributed by atoms with E-state index < -0.39 is 5.92 Å². The molecule has 1 aliphatic rings. The van der Waals surface area contributed by atoms with Crippen LogP contribution < -0.4 is 10.2 Å². The predicted molar refractivity (Wildman–Crippen MR) is 101 cm³/mol. The second-order valence-corrected chi connectivity index (χ2v) is 7.21. The quantitative estimate of drug-likeness (QED) is 0.850. The Labute approximate surface area is 156 Å². The first-order valence-corrected chi connectivity index (χ1v) is 8.73. The molecule has 0 spiro atoms. The first-order valence-electron chi connectivity index (χ1n) is 7.98. The molecule has 0 bridgehead atoms. The molecule has 1 unspecified atom stereocenters. The molecule has 4 nitrogen and oxygen atoms in total. The third-order valence-electron chi connectivity index (χ3n) is 4.20. The fourth-order valence-corrected chi connectivity index (χ4v) is 3.52. The number of hydrogen-bond donors (Lipinski definition) is 1. The largest absolute Gasteiger partial charge is 0.324 e. The van der Waals surface area contributed by atoms with Crippen LogP contribution in [0.5, 0.6) is 0 Å². The summed E-state index contributed by atoms with van der Waals surface area (Å²) in [6, 6.07) is 10.9. The van der Waals surface area contributed by atoms with Crippen molar-refractivity contribution in [2.24, 2.45) is 5.92 Å². The van der Waals surface area contributed by atoms with Gasteiger partial charge in [-0.1, -0.05) is 29.3 Å². The average Bonchev–Trinajstić information content (AvgIpc) is 2.91. The van der Waals surface area contributed by atoms with Crippen LogP contribution in [-0.2, 0) is 9.59 Å². The predicted octanol–water partition coefficient (Wildman–Crippen LogP) is 4.60. The molecule has 2 aromatic rings. The minimum atomic E-state index is -0.417. The van der Waals surface area contributed by atoms with Crippen molar-refractivity contribution in [1.82, 2.24) is 0 Å². The van der Waals surface area contributed by atoms with Gasteiger partial charge in [0.1, 0.15) is 0 Å². The van der Waals surface area contributed by atoms with Gasteiger partial charge in [0.2, 0.25) is 11.8 Å². The number of rotatable bonds is 3. The van der Waals surface area contributed by atoms with Gasteiger partial charge in [-0.25, -0.2) is 0 Å². The van der Waals surface area contributed by atoms with Gasteiger partial charge in [0.15, 0.2) is 0 Å². The van der Waals surface area contributed by atoms with Gasteiger partial charge in [-0.05, 0) is 55.3 Å². The smallest absolute Gasteiger partial charge is 0.229 e. The average molecular weight is 377 g/mol. The number of hydrogen-bond acceptors (Lipinski definition) is 2. The van der Waals surface area contributed by atoms with E-state index in [2.05, 4.69) is 11.4 Å². The van der Waals surface area contributed by atoms with E-state index in [1.54, 1.807) is 23.1 Å². The number of nitrogens with one attached hydrogen (secondary N) is 1. The summed E-state index contributed by atoms with van der Waals surface area (Å²) in [5.41, 5.74) is 3.50. The topological polar surface area (TPSA) is 49.4 Å². The lowest BCUT2D eigenvalue weighted by Gasteiger charge is -2.18. The van der Waals surface area contributed by atoms with Gasteiger partial charge >= 0.3 is 0 Å². The maximum Gasteiger partial charge on any atom is 0.229 e. The summed E-state index contributed by atoms with van der Waals surface area (Å²) in [6.45, 7) is 4.34. The van der Waals surface area contributed by atoms with Crippen LogP contribution in [0.4, 0.5) is 11.4 Å². The summed E-state index contributed by atoms with van der Waals surface area (Å²) >= 11 is 12.0. The van der Waals surface area contributed by atoms with E-state index in [0.717, 1.165) is 16.8 Å². The zero-order valence-corrected chi connectivity index (χ0v) is 15.5. The molecule has 0 aromatic heterocycles. The van der Waals surface area contributed by atoms with Gasteiger partial charge in [0, 0.05) is 23.7 Å². The molecule has 1 fully saturated rings. The van der Waals surface area contributed by atoms with Crippen LogP contribution in [0.25, 0.3) is 0 Å². The molecule has 25 heavy (non-hydrogen) atoms. The van der Waals surface area contributed by atoms with Gasteiger partial charge in [-0.3, -0.25) is 9.59 Å². The minimum absolute atomic E-state index is 0.0487. The molecule has 1 N–H and O–H groups in total. The van der Waals surface area contributed by atoms with Crippen LogP contribution in [-0.4, -0.2) is 18.4 Å². The molecule has 1 saturated heterocycles. The Morgan fingerprint density at radius 2 is 1.80 bits per heavy atom. The monoisotopic (exact) mass is 376 g/mol. The Bertz CT molecular complexity index is 831. The van der Waals surface area contributed by atoms with E-state index >= 15 is 0 Å². The second kappa shape index (κ2) is 7.06. The molecule has 1 heterocycles. The molecule has 2 amide bonds. The van der Waals surface area contributed by atoms with Crippen LogP contribution in [0.3, 0.4) is 0 Å². The highest BCUT2D eigenvalue weighted by atomic mass is 35.5. The lowest BCUT2D eigenvalue weighted by atomic mass is 10.1. The molecule has 1 aliphatic heterocycles. The molecular weight excluding hydrogens is 359 g/mol. The molecular formula is C19H18Cl2N2O2. The van der Waals surface area contributed by atoms with E-state index in [9.17, 15) is 9.59 Å². The normalized spacial score (nSPS) is 17.0. The molecule has 2 aromatic carbocycles. The standard InChI is InChI=1S/C19H18Cl2N2O2/c1-11-5-12(2)7-15(6-11)23-10-13(8-18(23)24)19(25)22-17-4-3-14(20)9-16(17)21/h3-7,9,13H,8,10H2,1-2H3,(H,22,25). The summed E-state index contributed by atoms with van der Waals surface area (Å²) < 4.78 is 0. The van der Waals surface area contributed by atoms with Crippen molar-refractivity contribution in [3.63, 3.8) is 0 Å². The first kappa shape index (κ1) is 17.8. The molecule has 130 valence electrons. The summed E-state index contributed by atoms with van der Waals surface area (Å²) in [5, 5.41) is 3.66. The van der Waals surface area contributed by atoms with Crippen LogP contribution in [0, 0.1) is 19.8 Å². The van der Waals surface area contributed by atoms with Crippen molar-refractivity contribution in [2.75, 3.05) is 16.8 Å². The molecule has 6 heteroatoms. The number of halogens is 2. The number of aryl methyl sites for hydroxylation is 2. The number of nitrogens with zero attached hydrogens (tertiary/aromatic N) is 1. The Hall–Kier alpha value is -2.04. The number of anilines is 2. The van der Waals surface area contributed by atoms with Gasteiger partial charge in [0.05, 0.1) is 16.6 Å². The van der Waals surface area contributed by atoms with Gasteiger partial charge < -0.3 is 10.2 Å². The van der Waals surface area contributed by atoms with Gasteiger partial charge in [-0.15, -0.1) is 0 Å². The Morgan fingerprint density at radius 3 is 2.44 bits per heavy atom. The van der Waals surface area contributed by atoms with E-state index in [4.69, 9.17) is 23.2 Å². The maximum absolute atomic E-state index is 12.5. The molecule has 0 saturated carbocycles. The highest BCUT2D eigenvalue weighted by Gasteiger charge is 2.35. The molecule has 0 radical (unpaired) electrons. The van der Waals surface area contributed by atoms with E-state index in [-0.39, 0.29) is 18.2 Å². The molecule has 3 rings (SSSR count). The third-order valence-corrected chi connectivity index (χ3v) is 4.75. The Morgan fingerprint density at radius 1 is 1.12 bits per heavy atom. The number of benzene rings is 2. The van der Waals surface area contributed by atoms with Gasteiger partial charge in [-0.2, -0.15) is 0 Å². The highest BCUT2D eigenvalue weighted by molar-refractivity contribution is 6.36. The maximum atomic E-state index is 12.5. The van der Waals surface area contributed by atoms with Crippen molar-refractivity contribution in [3.8, 4) is 0 Å². The van der Waals surface area contributed by atoms with E-state index in [1.807, 2.05) is 26.0 Å². The lowest BCUT2D eigenvalue weighted by Crippen LogP contribution is -2.28. The molecule has 0 aliphatic carbocycles. The fraction of sp³-hybridized carbons (Fsp3) is 0.263. The van der Waals surface area contributed by atoms with Crippen molar-refractivity contribution < 1.29 is 9.59 Å². The first-order chi connectivity index (χ1) is 11.8. The van der Waals surface area contributed by atoms with E-state index in [0.29, 0.717) is 22.3 Å². The van der Waals surface area contributed by atoms with Crippen LogP contribution in [0.1, 0.15) is 17.5 Å². The van der Waals surface area contributed by atoms with Crippen molar-refractivity contribution in [2.45, 2.75) is 20.3 Å². The second-order valence-electron chi connectivity index (χ2n) is 6.36. The minimum Gasteiger partial charge on any atom is -0.324 e. The lowest BCUT2D eigenvalue weighted by molar-refractivity contribution is -0.122. The van der Waals surface area contributed by atoms with Crippen molar-refractivity contribution in [3.05, 3.63) is 57.6 Å². The number of carbonyl (C=O) groups excluding carboxylic acids is 2. The Balaban J connectivity index is 1.74. The van der Waals surface area contributed by atoms with Crippen LogP contribution in [0.15, 0.2) is 36.4 Å². The molecule has 1 atom stereocenters. The van der Waals surface area contributed by atoms with Crippen LogP contribution in [0.2, 0.25) is 10.0 Å². The number of amides is 2. The van der Waals surface area contributed by atoms with Crippen molar-refractivity contribution in [1.29, 1.82) is 0 Å². The van der Waals surface area contributed by atoms with Gasteiger partial charge in [0.25, 0.3) is 0 Å². The van der Waals surface area contributed by atoms with Crippen molar-refractivity contribution >= 4 is 46.4 Å². The SMILES string of the molecule is Cc1cc(C)cc(N2CC(C(=O)Nc3ccc(Cl)cc3Cl)CC2=O)c1. The zero-order chi connectivity index (χ0) is 18.1. The van der Waals surface area contributed by atoms with Crippen LogP contribution >= 0.6 is 23.2 Å².